The second kappa shape index (κ2) is 12.7. The van der Waals surface area contributed by atoms with Gasteiger partial charge in [-0.3, -0.25) is 19.2 Å². The van der Waals surface area contributed by atoms with E-state index >= 15 is 0 Å². The Morgan fingerprint density at radius 2 is 1.61 bits per heavy atom. The molecule has 3 atom stereocenters. The molecule has 0 aliphatic heterocycles. The standard InChI is InChI=1S/C18H26N4O5.ClH/c1-2-6-12(19)17(26)22-14(10-15(23)24)18(27)21-13(16(20)25)9-11-7-4-3-5-8-11;/h3-5,7-8,12-14H,2,6,9-10,19H2,1H3,(H2,20,25)(H,21,27)(H,22,26)(H,23,24);1H/t12-,13-,14-;/m0./s1. The Labute approximate surface area is 169 Å². The number of carbonyl (C=O) groups excluding carboxylic acids is 3. The van der Waals surface area contributed by atoms with Crippen molar-refractivity contribution in [2.45, 2.75) is 50.7 Å². The van der Waals surface area contributed by atoms with Gasteiger partial charge in [0.05, 0.1) is 12.5 Å². The highest BCUT2D eigenvalue weighted by Crippen LogP contribution is 2.05. The van der Waals surface area contributed by atoms with Crippen LogP contribution in [0.15, 0.2) is 30.3 Å². The summed E-state index contributed by atoms with van der Waals surface area (Å²) < 4.78 is 0. The van der Waals surface area contributed by atoms with Crippen molar-refractivity contribution < 1.29 is 24.3 Å². The van der Waals surface area contributed by atoms with Crippen LogP contribution in [-0.4, -0.2) is 46.9 Å². The van der Waals surface area contributed by atoms with Crippen molar-refractivity contribution in [3.05, 3.63) is 35.9 Å². The van der Waals surface area contributed by atoms with Crippen molar-refractivity contribution in [3.63, 3.8) is 0 Å². The number of aliphatic carboxylic acids is 1. The van der Waals surface area contributed by atoms with E-state index in [2.05, 4.69) is 10.6 Å². The van der Waals surface area contributed by atoms with Crippen LogP contribution in [0.3, 0.4) is 0 Å². The molecule has 0 aliphatic carbocycles. The van der Waals surface area contributed by atoms with Gasteiger partial charge in [0, 0.05) is 6.42 Å². The molecular formula is C18H27ClN4O5. The highest BCUT2D eigenvalue weighted by molar-refractivity contribution is 5.94. The fourth-order valence-corrected chi connectivity index (χ4v) is 2.45. The first kappa shape index (κ1) is 25.4. The van der Waals surface area contributed by atoms with E-state index in [-0.39, 0.29) is 18.8 Å². The molecule has 9 nitrogen and oxygen atoms in total. The fourth-order valence-electron chi connectivity index (χ4n) is 2.45. The zero-order valence-electron chi connectivity index (χ0n) is 15.6. The molecule has 7 N–H and O–H groups in total. The van der Waals surface area contributed by atoms with Gasteiger partial charge in [0.15, 0.2) is 0 Å². The molecule has 0 fully saturated rings. The van der Waals surface area contributed by atoms with Crippen molar-refractivity contribution in [2.24, 2.45) is 11.5 Å². The Hall–Kier alpha value is -2.65. The molecule has 0 radical (unpaired) electrons. The van der Waals surface area contributed by atoms with Gasteiger partial charge < -0.3 is 27.2 Å². The number of carboxylic acid groups (broad SMARTS) is 1. The van der Waals surface area contributed by atoms with E-state index in [0.29, 0.717) is 12.8 Å². The summed E-state index contributed by atoms with van der Waals surface area (Å²) in [6, 6.07) is 5.63. The summed E-state index contributed by atoms with van der Waals surface area (Å²) in [4.78, 5) is 47.2. The minimum atomic E-state index is -1.37. The summed E-state index contributed by atoms with van der Waals surface area (Å²) in [6.45, 7) is 1.84. The molecular weight excluding hydrogens is 388 g/mol. The molecule has 0 saturated heterocycles. The normalized spacial score (nSPS) is 13.4. The van der Waals surface area contributed by atoms with Gasteiger partial charge in [0.2, 0.25) is 17.7 Å². The lowest BCUT2D eigenvalue weighted by molar-refractivity contribution is -0.141. The van der Waals surface area contributed by atoms with Crippen LogP contribution in [0.25, 0.3) is 0 Å². The Kier molecular flexibility index (Phi) is 11.5. The molecule has 0 bridgehead atoms. The number of carbonyl (C=O) groups is 4. The number of carboxylic acids is 1. The van der Waals surface area contributed by atoms with Gasteiger partial charge >= 0.3 is 5.97 Å². The van der Waals surface area contributed by atoms with Crippen LogP contribution in [0.4, 0.5) is 0 Å². The third-order valence-electron chi connectivity index (χ3n) is 3.89. The molecule has 1 aromatic carbocycles. The van der Waals surface area contributed by atoms with Gasteiger partial charge in [-0.2, -0.15) is 0 Å². The molecule has 0 aromatic heterocycles. The Balaban J connectivity index is 0.00000729. The van der Waals surface area contributed by atoms with E-state index in [9.17, 15) is 19.2 Å². The molecule has 0 aliphatic rings. The predicted octanol–water partition coefficient (Wildman–Crippen LogP) is -0.292. The summed E-state index contributed by atoms with van der Waals surface area (Å²) >= 11 is 0. The number of benzene rings is 1. The largest absolute Gasteiger partial charge is 0.481 e. The van der Waals surface area contributed by atoms with Crippen LogP contribution in [-0.2, 0) is 25.6 Å². The second-order valence-corrected chi connectivity index (χ2v) is 6.21. The molecule has 3 amide bonds. The highest BCUT2D eigenvalue weighted by Gasteiger charge is 2.28. The lowest BCUT2D eigenvalue weighted by atomic mass is 10.0. The molecule has 10 heteroatoms. The summed E-state index contributed by atoms with van der Waals surface area (Å²) in [6.07, 6.45) is 0.550. The van der Waals surface area contributed by atoms with Gasteiger partial charge in [-0.1, -0.05) is 43.7 Å². The first-order valence-corrected chi connectivity index (χ1v) is 8.66. The molecule has 0 spiro atoms. The van der Waals surface area contributed by atoms with Crippen LogP contribution < -0.4 is 22.1 Å². The Morgan fingerprint density at radius 3 is 2.11 bits per heavy atom. The van der Waals surface area contributed by atoms with Crippen LogP contribution in [0.2, 0.25) is 0 Å². The first-order valence-electron chi connectivity index (χ1n) is 8.66. The Bertz CT molecular complexity index is 671. The molecule has 28 heavy (non-hydrogen) atoms. The lowest BCUT2D eigenvalue weighted by Crippen LogP contribution is -2.56. The first-order chi connectivity index (χ1) is 12.7. The molecule has 156 valence electrons. The van der Waals surface area contributed by atoms with Gasteiger partial charge in [0.1, 0.15) is 12.1 Å². The van der Waals surface area contributed by atoms with Crippen molar-refractivity contribution >= 4 is 36.1 Å². The van der Waals surface area contributed by atoms with Crippen molar-refractivity contribution in [2.75, 3.05) is 0 Å². The number of nitrogens with one attached hydrogen (secondary N) is 2. The third-order valence-corrected chi connectivity index (χ3v) is 3.89. The fraction of sp³-hybridized carbons (Fsp3) is 0.444. The van der Waals surface area contributed by atoms with E-state index in [0.717, 1.165) is 5.56 Å². The summed E-state index contributed by atoms with van der Waals surface area (Å²) in [5.41, 5.74) is 11.8. The maximum Gasteiger partial charge on any atom is 0.305 e. The zero-order valence-corrected chi connectivity index (χ0v) is 16.4. The number of halogens is 1. The number of rotatable bonds is 11. The van der Waals surface area contributed by atoms with E-state index in [4.69, 9.17) is 16.6 Å². The molecule has 1 aromatic rings. The van der Waals surface area contributed by atoms with Crippen molar-refractivity contribution in [1.29, 1.82) is 0 Å². The molecule has 0 heterocycles. The van der Waals surface area contributed by atoms with Gasteiger partial charge in [-0.15, -0.1) is 12.4 Å². The van der Waals surface area contributed by atoms with Crippen molar-refractivity contribution in [1.82, 2.24) is 10.6 Å². The molecule has 1 rings (SSSR count). The lowest BCUT2D eigenvalue weighted by Gasteiger charge is -2.22. The minimum Gasteiger partial charge on any atom is -0.481 e. The molecule has 0 unspecified atom stereocenters. The van der Waals surface area contributed by atoms with E-state index < -0.39 is 48.2 Å². The Morgan fingerprint density at radius 1 is 1.04 bits per heavy atom. The second-order valence-electron chi connectivity index (χ2n) is 6.21. The molecule has 0 saturated carbocycles. The average Bonchev–Trinajstić information content (AvgIpc) is 2.61. The summed E-state index contributed by atoms with van der Waals surface area (Å²) in [5, 5.41) is 13.8. The van der Waals surface area contributed by atoms with Crippen LogP contribution in [0, 0.1) is 0 Å². The number of amides is 3. The number of hydrogen-bond donors (Lipinski definition) is 5. The van der Waals surface area contributed by atoms with Crippen molar-refractivity contribution in [3.8, 4) is 0 Å². The van der Waals surface area contributed by atoms with E-state index in [1.54, 1.807) is 30.3 Å². The van der Waals surface area contributed by atoms with E-state index in [1.807, 2.05) is 6.92 Å². The maximum absolute atomic E-state index is 12.5. The quantitative estimate of drug-likeness (QED) is 0.333. The average molecular weight is 415 g/mol. The minimum absolute atomic E-state index is 0. The van der Waals surface area contributed by atoms with E-state index in [1.165, 1.54) is 0 Å². The van der Waals surface area contributed by atoms with Crippen LogP contribution >= 0.6 is 12.4 Å². The number of primary amides is 1. The van der Waals surface area contributed by atoms with Crippen LogP contribution in [0.5, 0.6) is 0 Å². The predicted molar refractivity (Wildman–Crippen MR) is 106 cm³/mol. The third kappa shape index (κ3) is 8.83. The zero-order chi connectivity index (χ0) is 20.4. The highest BCUT2D eigenvalue weighted by atomic mass is 35.5. The number of nitrogens with two attached hydrogens (primary N) is 2. The smallest absolute Gasteiger partial charge is 0.305 e. The van der Waals surface area contributed by atoms with Gasteiger partial charge in [0.25, 0.3) is 0 Å². The maximum atomic E-state index is 12.5. The summed E-state index contributed by atoms with van der Waals surface area (Å²) in [7, 11) is 0. The van der Waals surface area contributed by atoms with Crippen LogP contribution in [0.1, 0.15) is 31.7 Å². The monoisotopic (exact) mass is 414 g/mol. The topological polar surface area (TPSA) is 165 Å². The number of hydrogen-bond acceptors (Lipinski definition) is 5. The summed E-state index contributed by atoms with van der Waals surface area (Å²) in [5.74, 6) is -3.49. The SMILES string of the molecule is CCC[C@H](N)C(=O)N[C@@H](CC(=O)O)C(=O)N[C@@H](Cc1ccccc1)C(N)=O.Cl. The van der Waals surface area contributed by atoms with Gasteiger partial charge in [-0.05, 0) is 12.0 Å². The van der Waals surface area contributed by atoms with Gasteiger partial charge in [-0.25, -0.2) is 0 Å².